The SMILES string of the molecule is C1=NOC(c2cccs2)C1. The molecular weight excluding hydrogens is 146 g/mol. The first-order valence-electron chi connectivity index (χ1n) is 3.18. The average molecular weight is 153 g/mol. The Labute approximate surface area is 63.1 Å². The molecule has 0 saturated heterocycles. The molecule has 0 spiro atoms. The highest BCUT2D eigenvalue weighted by molar-refractivity contribution is 7.10. The lowest BCUT2D eigenvalue weighted by Gasteiger charge is -2.02. The summed E-state index contributed by atoms with van der Waals surface area (Å²) in [4.78, 5) is 6.34. The van der Waals surface area contributed by atoms with Gasteiger partial charge in [-0.2, -0.15) is 0 Å². The molecule has 3 heteroatoms. The Morgan fingerprint density at radius 1 is 1.70 bits per heavy atom. The molecule has 1 aliphatic rings. The molecule has 0 fully saturated rings. The summed E-state index contributed by atoms with van der Waals surface area (Å²) in [5.74, 6) is 0. The Hall–Kier alpha value is -0.830. The molecule has 2 nitrogen and oxygen atoms in total. The van der Waals surface area contributed by atoms with E-state index in [9.17, 15) is 0 Å². The van der Waals surface area contributed by atoms with E-state index >= 15 is 0 Å². The molecule has 1 unspecified atom stereocenters. The van der Waals surface area contributed by atoms with Crippen molar-refractivity contribution in [1.82, 2.24) is 0 Å². The predicted molar refractivity (Wildman–Crippen MR) is 41.3 cm³/mol. The van der Waals surface area contributed by atoms with E-state index in [0.717, 1.165) is 6.42 Å². The second-order valence-electron chi connectivity index (χ2n) is 2.13. The predicted octanol–water partition coefficient (Wildman–Crippen LogP) is 2.20. The van der Waals surface area contributed by atoms with Crippen LogP contribution in [0.2, 0.25) is 0 Å². The van der Waals surface area contributed by atoms with Crippen LogP contribution in [0.3, 0.4) is 0 Å². The quantitative estimate of drug-likeness (QED) is 0.606. The van der Waals surface area contributed by atoms with Crippen LogP contribution in [-0.4, -0.2) is 6.21 Å². The van der Waals surface area contributed by atoms with Crippen molar-refractivity contribution < 1.29 is 4.84 Å². The molecule has 0 aliphatic carbocycles. The standard InChI is InChI=1S/C7H7NOS/c1-2-7(10-5-1)6-3-4-8-9-6/h1-2,4-6H,3H2. The number of hydrogen-bond donors (Lipinski definition) is 0. The van der Waals surface area contributed by atoms with Crippen LogP contribution in [-0.2, 0) is 4.84 Å². The van der Waals surface area contributed by atoms with Gasteiger partial charge >= 0.3 is 0 Å². The third-order valence-electron chi connectivity index (χ3n) is 1.44. The van der Waals surface area contributed by atoms with Gasteiger partial charge in [0.05, 0.1) is 0 Å². The smallest absolute Gasteiger partial charge is 0.166 e. The van der Waals surface area contributed by atoms with E-state index in [2.05, 4.69) is 16.6 Å². The minimum Gasteiger partial charge on any atom is -0.387 e. The van der Waals surface area contributed by atoms with Crippen molar-refractivity contribution in [3.63, 3.8) is 0 Å². The van der Waals surface area contributed by atoms with E-state index in [-0.39, 0.29) is 6.10 Å². The maximum atomic E-state index is 5.08. The molecule has 1 aromatic rings. The molecule has 1 aliphatic heterocycles. The number of oxime groups is 1. The fourth-order valence-corrected chi connectivity index (χ4v) is 1.70. The lowest BCUT2D eigenvalue weighted by atomic mass is 10.2. The summed E-state index contributed by atoms with van der Waals surface area (Å²) in [5.41, 5.74) is 0. The summed E-state index contributed by atoms with van der Waals surface area (Å²) in [6.45, 7) is 0. The van der Waals surface area contributed by atoms with E-state index in [1.807, 2.05) is 12.3 Å². The normalized spacial score (nSPS) is 23.0. The Morgan fingerprint density at radius 3 is 3.30 bits per heavy atom. The summed E-state index contributed by atoms with van der Waals surface area (Å²) >= 11 is 1.72. The Kier molecular flexibility index (Phi) is 1.43. The Bertz CT molecular complexity index is 222. The van der Waals surface area contributed by atoms with Gasteiger partial charge in [-0.05, 0) is 11.4 Å². The number of rotatable bonds is 1. The fourth-order valence-electron chi connectivity index (χ4n) is 0.941. The van der Waals surface area contributed by atoms with Crippen LogP contribution in [0.4, 0.5) is 0 Å². The van der Waals surface area contributed by atoms with Crippen LogP contribution in [0.25, 0.3) is 0 Å². The first-order valence-corrected chi connectivity index (χ1v) is 4.06. The van der Waals surface area contributed by atoms with Crippen molar-refractivity contribution in [2.24, 2.45) is 5.16 Å². The number of nitrogens with zero attached hydrogens (tertiary/aromatic N) is 1. The molecule has 10 heavy (non-hydrogen) atoms. The number of hydrogen-bond acceptors (Lipinski definition) is 3. The minimum absolute atomic E-state index is 0.194. The molecule has 0 bridgehead atoms. The molecule has 0 saturated carbocycles. The molecular formula is C7H7NOS. The number of thiophene rings is 1. The third kappa shape index (κ3) is 0.926. The third-order valence-corrected chi connectivity index (χ3v) is 2.41. The monoisotopic (exact) mass is 153 g/mol. The van der Waals surface area contributed by atoms with E-state index < -0.39 is 0 Å². The van der Waals surface area contributed by atoms with Crippen LogP contribution in [0, 0.1) is 0 Å². The van der Waals surface area contributed by atoms with Gasteiger partial charge in [0.2, 0.25) is 0 Å². The lowest BCUT2D eigenvalue weighted by molar-refractivity contribution is 0.0884. The molecule has 1 aromatic heterocycles. The molecule has 0 amide bonds. The van der Waals surface area contributed by atoms with Crippen molar-refractivity contribution in [1.29, 1.82) is 0 Å². The van der Waals surface area contributed by atoms with E-state index in [1.165, 1.54) is 4.88 Å². The maximum Gasteiger partial charge on any atom is 0.166 e. The van der Waals surface area contributed by atoms with Crippen molar-refractivity contribution in [3.8, 4) is 0 Å². The largest absolute Gasteiger partial charge is 0.387 e. The fraction of sp³-hybridized carbons (Fsp3) is 0.286. The van der Waals surface area contributed by atoms with Crippen LogP contribution in [0.5, 0.6) is 0 Å². The van der Waals surface area contributed by atoms with Crippen LogP contribution < -0.4 is 0 Å². The maximum absolute atomic E-state index is 5.08. The van der Waals surface area contributed by atoms with Gasteiger partial charge in [-0.15, -0.1) is 11.3 Å². The van der Waals surface area contributed by atoms with E-state index in [1.54, 1.807) is 11.3 Å². The van der Waals surface area contributed by atoms with Gasteiger partial charge in [-0.1, -0.05) is 11.2 Å². The Balaban J connectivity index is 2.14. The zero-order valence-electron chi connectivity index (χ0n) is 5.36. The zero-order valence-corrected chi connectivity index (χ0v) is 6.17. The van der Waals surface area contributed by atoms with Gasteiger partial charge in [-0.25, -0.2) is 0 Å². The summed E-state index contributed by atoms with van der Waals surface area (Å²) in [6.07, 6.45) is 2.92. The molecule has 0 N–H and O–H groups in total. The Morgan fingerprint density at radius 2 is 2.70 bits per heavy atom. The van der Waals surface area contributed by atoms with Gasteiger partial charge in [0, 0.05) is 17.5 Å². The van der Waals surface area contributed by atoms with Crippen LogP contribution in [0.1, 0.15) is 17.4 Å². The summed E-state index contributed by atoms with van der Waals surface area (Å²) in [5, 5.41) is 5.76. The highest BCUT2D eigenvalue weighted by Gasteiger charge is 2.15. The second-order valence-corrected chi connectivity index (χ2v) is 3.11. The van der Waals surface area contributed by atoms with Crippen LogP contribution >= 0.6 is 11.3 Å². The summed E-state index contributed by atoms with van der Waals surface area (Å²) < 4.78 is 0. The van der Waals surface area contributed by atoms with Crippen molar-refractivity contribution in [2.45, 2.75) is 12.5 Å². The van der Waals surface area contributed by atoms with Crippen molar-refractivity contribution >= 4 is 17.6 Å². The first kappa shape index (κ1) is 5.92. The highest BCUT2D eigenvalue weighted by Crippen LogP contribution is 2.27. The van der Waals surface area contributed by atoms with Crippen molar-refractivity contribution in [3.05, 3.63) is 22.4 Å². The molecule has 0 aromatic carbocycles. The lowest BCUT2D eigenvalue weighted by Crippen LogP contribution is -1.90. The summed E-state index contributed by atoms with van der Waals surface area (Å²) in [6, 6.07) is 4.10. The van der Waals surface area contributed by atoms with Gasteiger partial charge in [0.25, 0.3) is 0 Å². The van der Waals surface area contributed by atoms with Crippen LogP contribution in [0.15, 0.2) is 22.7 Å². The molecule has 2 rings (SSSR count). The van der Waals surface area contributed by atoms with E-state index in [4.69, 9.17) is 4.84 Å². The van der Waals surface area contributed by atoms with Crippen molar-refractivity contribution in [2.75, 3.05) is 0 Å². The average Bonchev–Trinajstić information content (AvgIpc) is 2.59. The topological polar surface area (TPSA) is 21.6 Å². The molecule has 0 radical (unpaired) electrons. The minimum atomic E-state index is 0.194. The second kappa shape index (κ2) is 2.42. The molecule has 52 valence electrons. The van der Waals surface area contributed by atoms with Gasteiger partial charge < -0.3 is 4.84 Å². The van der Waals surface area contributed by atoms with Gasteiger partial charge in [0.1, 0.15) is 0 Å². The van der Waals surface area contributed by atoms with Gasteiger partial charge in [-0.3, -0.25) is 0 Å². The summed E-state index contributed by atoms with van der Waals surface area (Å²) in [7, 11) is 0. The first-order chi connectivity index (χ1) is 4.97. The highest BCUT2D eigenvalue weighted by atomic mass is 32.1. The molecule has 2 heterocycles. The van der Waals surface area contributed by atoms with E-state index in [0.29, 0.717) is 0 Å². The van der Waals surface area contributed by atoms with Gasteiger partial charge in [0.15, 0.2) is 6.10 Å². The zero-order chi connectivity index (χ0) is 6.81. The molecule has 1 atom stereocenters.